The number of epoxide rings is 1. The van der Waals surface area contributed by atoms with Gasteiger partial charge in [0.15, 0.2) is 0 Å². The van der Waals surface area contributed by atoms with Crippen LogP contribution in [-0.2, 0) is 9.47 Å². The molecule has 1 saturated heterocycles. The van der Waals surface area contributed by atoms with E-state index in [9.17, 15) is 0 Å². The molecule has 1 aliphatic heterocycles. The van der Waals surface area contributed by atoms with Gasteiger partial charge in [0.05, 0.1) is 19.3 Å². The summed E-state index contributed by atoms with van der Waals surface area (Å²) in [6.07, 6.45) is 2.37. The summed E-state index contributed by atoms with van der Waals surface area (Å²) in [5, 5.41) is 0. The Kier molecular flexibility index (Phi) is 3.75. The lowest BCUT2D eigenvalue weighted by Gasteiger charge is -2.16. The van der Waals surface area contributed by atoms with Crippen LogP contribution in [0.5, 0.6) is 0 Å². The maximum absolute atomic E-state index is 5.83. The average Bonchev–Trinajstić information content (AvgIpc) is 3.09. The minimum atomic E-state index is 0.174. The molecule has 0 N–H and O–H groups in total. The zero-order valence-electron chi connectivity index (χ0n) is 8.89. The molecule has 2 nitrogen and oxygen atoms in total. The smallest absolute Gasteiger partial charge is 0.104 e. The van der Waals surface area contributed by atoms with Crippen molar-refractivity contribution in [3.8, 4) is 0 Å². The summed E-state index contributed by atoms with van der Waals surface area (Å²) >= 11 is 0. The van der Waals surface area contributed by atoms with Crippen molar-refractivity contribution in [3.63, 3.8) is 0 Å². The fourth-order valence-electron chi connectivity index (χ4n) is 1.59. The highest BCUT2D eigenvalue weighted by molar-refractivity contribution is 5.17. The predicted molar refractivity (Wildman–Crippen MR) is 59.5 cm³/mol. The first-order valence-corrected chi connectivity index (χ1v) is 5.47. The average molecular weight is 205 g/mol. The fraction of sp³-hybridized carbons (Fsp3) is 0.462. The molecule has 0 amide bonds. The van der Waals surface area contributed by atoms with Gasteiger partial charge in [-0.25, -0.2) is 0 Å². The quantitative estimate of drug-likeness (QED) is 0.666. The lowest BCUT2D eigenvalue weighted by atomic mass is 10.1. The van der Waals surface area contributed by atoms with E-state index in [1.54, 1.807) is 0 Å². The number of rotatable bonds is 6. The zero-order valence-corrected chi connectivity index (χ0v) is 8.89. The van der Waals surface area contributed by atoms with E-state index in [1.807, 2.05) is 18.2 Å². The summed E-state index contributed by atoms with van der Waals surface area (Å²) in [6, 6.07) is 10.3. The number of hydrogen-bond acceptors (Lipinski definition) is 2. The molecule has 0 aromatic heterocycles. The van der Waals surface area contributed by atoms with Crippen LogP contribution >= 0.6 is 0 Å². The van der Waals surface area contributed by atoms with Gasteiger partial charge in [0.1, 0.15) is 6.10 Å². The Labute approximate surface area is 91.2 Å². The van der Waals surface area contributed by atoms with Gasteiger partial charge in [-0.1, -0.05) is 43.7 Å². The second-order valence-corrected chi connectivity index (χ2v) is 3.83. The molecule has 1 aromatic rings. The van der Waals surface area contributed by atoms with Crippen LogP contribution in [0.1, 0.15) is 24.5 Å². The van der Waals surface area contributed by atoms with Gasteiger partial charge >= 0.3 is 0 Å². The second kappa shape index (κ2) is 5.29. The van der Waals surface area contributed by atoms with Crippen LogP contribution in [-0.4, -0.2) is 19.3 Å². The molecule has 15 heavy (non-hydrogen) atoms. The van der Waals surface area contributed by atoms with Gasteiger partial charge in [0.25, 0.3) is 0 Å². The Morgan fingerprint density at radius 2 is 2.13 bits per heavy atom. The Bertz CT molecular complexity index is 280. The van der Waals surface area contributed by atoms with Crippen LogP contribution in [0, 0.1) is 6.92 Å². The molecule has 2 atom stereocenters. The molecule has 1 aromatic carbocycles. The van der Waals surface area contributed by atoms with Crippen molar-refractivity contribution in [1.82, 2.24) is 0 Å². The largest absolute Gasteiger partial charge is 0.371 e. The lowest BCUT2D eigenvalue weighted by Crippen LogP contribution is -2.09. The van der Waals surface area contributed by atoms with Crippen LogP contribution in [0.3, 0.4) is 0 Å². The van der Waals surface area contributed by atoms with Gasteiger partial charge in [0.2, 0.25) is 0 Å². The van der Waals surface area contributed by atoms with Crippen LogP contribution in [0.4, 0.5) is 0 Å². The van der Waals surface area contributed by atoms with Gasteiger partial charge in [-0.15, -0.1) is 0 Å². The third kappa shape index (κ3) is 3.33. The lowest BCUT2D eigenvalue weighted by molar-refractivity contribution is 0.0368. The maximum Gasteiger partial charge on any atom is 0.104 e. The van der Waals surface area contributed by atoms with Crippen molar-refractivity contribution in [2.45, 2.75) is 25.0 Å². The highest BCUT2D eigenvalue weighted by Crippen LogP contribution is 2.24. The fourth-order valence-corrected chi connectivity index (χ4v) is 1.59. The summed E-state index contributed by atoms with van der Waals surface area (Å²) in [7, 11) is 0. The molecule has 1 fully saturated rings. The second-order valence-electron chi connectivity index (χ2n) is 3.83. The summed E-state index contributed by atoms with van der Waals surface area (Å²) in [4.78, 5) is 0. The molecule has 81 valence electrons. The van der Waals surface area contributed by atoms with E-state index in [1.165, 1.54) is 5.56 Å². The molecule has 1 heterocycles. The van der Waals surface area contributed by atoms with Crippen molar-refractivity contribution in [1.29, 1.82) is 0 Å². The minimum Gasteiger partial charge on any atom is -0.371 e. The molecule has 1 aliphatic rings. The highest BCUT2D eigenvalue weighted by atomic mass is 16.6. The van der Waals surface area contributed by atoms with E-state index in [0.717, 1.165) is 19.4 Å². The zero-order chi connectivity index (χ0) is 10.5. The van der Waals surface area contributed by atoms with E-state index < -0.39 is 0 Å². The molecular weight excluding hydrogens is 188 g/mol. The monoisotopic (exact) mass is 205 g/mol. The van der Waals surface area contributed by atoms with Gasteiger partial charge in [0, 0.05) is 0 Å². The topological polar surface area (TPSA) is 21.8 Å². The van der Waals surface area contributed by atoms with Crippen molar-refractivity contribution < 1.29 is 9.47 Å². The number of ether oxygens (including phenoxy) is 2. The standard InChI is InChI=1S/C13H17O2/c1-2-6-13(15-10-12-9-14-12)11-7-4-3-5-8-11/h3-5,7-8,12-13H,1-2,6,9-10H2. The highest BCUT2D eigenvalue weighted by Gasteiger charge is 2.24. The van der Waals surface area contributed by atoms with Gasteiger partial charge in [-0.3, -0.25) is 0 Å². The maximum atomic E-state index is 5.83. The molecule has 0 aliphatic carbocycles. The first kappa shape index (κ1) is 10.7. The normalized spacial score (nSPS) is 21.3. The van der Waals surface area contributed by atoms with E-state index in [2.05, 4.69) is 19.1 Å². The van der Waals surface area contributed by atoms with Gasteiger partial charge in [-0.05, 0) is 12.0 Å². The van der Waals surface area contributed by atoms with Crippen molar-refractivity contribution in [2.24, 2.45) is 0 Å². The SMILES string of the molecule is [CH2]CCC(OCC1CO1)c1ccccc1. The molecule has 0 bridgehead atoms. The Morgan fingerprint density at radius 3 is 2.73 bits per heavy atom. The summed E-state index contributed by atoms with van der Waals surface area (Å²) < 4.78 is 11.0. The van der Waals surface area contributed by atoms with Crippen molar-refractivity contribution in [2.75, 3.05) is 13.2 Å². The molecular formula is C13H17O2. The summed E-state index contributed by atoms with van der Waals surface area (Å²) in [5.41, 5.74) is 1.24. The predicted octanol–water partition coefficient (Wildman–Crippen LogP) is 2.76. The van der Waals surface area contributed by atoms with Crippen LogP contribution in [0.2, 0.25) is 0 Å². The first-order chi connectivity index (χ1) is 7.40. The van der Waals surface area contributed by atoms with Crippen molar-refractivity contribution in [3.05, 3.63) is 42.8 Å². The third-order valence-electron chi connectivity index (χ3n) is 2.52. The molecule has 1 radical (unpaired) electrons. The molecule has 2 heteroatoms. The Hall–Kier alpha value is -0.860. The Morgan fingerprint density at radius 1 is 1.40 bits per heavy atom. The summed E-state index contributed by atoms with van der Waals surface area (Å²) in [5.74, 6) is 0. The molecule has 2 unspecified atom stereocenters. The van der Waals surface area contributed by atoms with Crippen LogP contribution in [0.25, 0.3) is 0 Å². The van der Waals surface area contributed by atoms with E-state index in [0.29, 0.717) is 12.7 Å². The summed E-state index contributed by atoms with van der Waals surface area (Å²) in [6.45, 7) is 5.44. The molecule has 0 spiro atoms. The molecule has 0 saturated carbocycles. The third-order valence-corrected chi connectivity index (χ3v) is 2.52. The minimum absolute atomic E-state index is 0.174. The van der Waals surface area contributed by atoms with E-state index in [4.69, 9.17) is 9.47 Å². The van der Waals surface area contributed by atoms with Crippen LogP contribution < -0.4 is 0 Å². The van der Waals surface area contributed by atoms with Gasteiger partial charge < -0.3 is 9.47 Å². The van der Waals surface area contributed by atoms with Gasteiger partial charge in [-0.2, -0.15) is 0 Å². The molecule has 2 rings (SSSR count). The number of benzene rings is 1. The number of hydrogen-bond donors (Lipinski definition) is 0. The van der Waals surface area contributed by atoms with Crippen LogP contribution in [0.15, 0.2) is 30.3 Å². The van der Waals surface area contributed by atoms with E-state index >= 15 is 0 Å². The first-order valence-electron chi connectivity index (χ1n) is 5.47. The van der Waals surface area contributed by atoms with Crippen molar-refractivity contribution >= 4 is 0 Å². The van der Waals surface area contributed by atoms with E-state index in [-0.39, 0.29) is 6.10 Å². The Balaban J connectivity index is 1.91.